The molecular formula is C31H33BN2O6. The smallest absolute Gasteiger partial charge is 0.481 e. The van der Waals surface area contributed by atoms with Gasteiger partial charge in [0, 0.05) is 18.7 Å². The van der Waals surface area contributed by atoms with Crippen molar-refractivity contribution in [1.82, 2.24) is 10.3 Å². The molecule has 0 spiro atoms. The quantitative estimate of drug-likeness (QED) is 0.376. The molecule has 1 aromatic heterocycles. The van der Waals surface area contributed by atoms with Gasteiger partial charge < -0.3 is 24.5 Å². The lowest BCUT2D eigenvalue weighted by Gasteiger charge is -2.32. The van der Waals surface area contributed by atoms with Crippen molar-refractivity contribution < 1.29 is 28.7 Å². The normalized spacial score (nSPS) is 17.3. The summed E-state index contributed by atoms with van der Waals surface area (Å²) in [6.45, 7) is 8.20. The lowest BCUT2D eigenvalue weighted by Crippen LogP contribution is -2.41. The Kier molecular flexibility index (Phi) is 7.53. The molecule has 9 heteroatoms. The van der Waals surface area contributed by atoms with E-state index < -0.39 is 30.4 Å². The van der Waals surface area contributed by atoms with Gasteiger partial charge in [0.1, 0.15) is 6.61 Å². The van der Waals surface area contributed by atoms with Gasteiger partial charge in [0.2, 0.25) is 0 Å². The monoisotopic (exact) mass is 540 g/mol. The van der Waals surface area contributed by atoms with E-state index in [1.165, 1.54) is 11.1 Å². The van der Waals surface area contributed by atoms with Crippen LogP contribution in [0.1, 0.15) is 56.0 Å². The summed E-state index contributed by atoms with van der Waals surface area (Å²) in [6.07, 6.45) is 2.73. The fourth-order valence-corrected chi connectivity index (χ4v) is 5.02. The Morgan fingerprint density at radius 3 is 2.12 bits per heavy atom. The fraction of sp³-hybridized carbons (Fsp3) is 0.323. The number of carbonyl (C=O) groups is 2. The van der Waals surface area contributed by atoms with Crippen LogP contribution in [-0.4, -0.2) is 53.6 Å². The molecule has 206 valence electrons. The highest BCUT2D eigenvalue weighted by atomic mass is 16.7. The van der Waals surface area contributed by atoms with E-state index in [1.807, 2.05) is 58.0 Å². The van der Waals surface area contributed by atoms with Gasteiger partial charge in [-0.2, -0.15) is 0 Å². The molecule has 1 amide bonds. The number of pyridine rings is 1. The molecule has 40 heavy (non-hydrogen) atoms. The number of rotatable bonds is 8. The molecule has 0 radical (unpaired) electrons. The maximum Gasteiger partial charge on any atom is 0.492 e. The number of carboxylic acid groups (broad SMARTS) is 1. The first-order valence-corrected chi connectivity index (χ1v) is 13.4. The number of hydrogen-bond acceptors (Lipinski definition) is 6. The third-order valence-corrected chi connectivity index (χ3v) is 7.87. The molecule has 3 aromatic rings. The predicted octanol–water partition coefficient (Wildman–Crippen LogP) is 5.26. The summed E-state index contributed by atoms with van der Waals surface area (Å²) in [5.41, 5.74) is 5.36. The van der Waals surface area contributed by atoms with Gasteiger partial charge in [0.05, 0.1) is 23.3 Å². The molecule has 1 aliphatic heterocycles. The van der Waals surface area contributed by atoms with Crippen molar-refractivity contribution in [2.75, 3.05) is 13.2 Å². The lowest BCUT2D eigenvalue weighted by atomic mass is 9.77. The van der Waals surface area contributed by atoms with E-state index in [9.17, 15) is 9.59 Å². The molecule has 0 unspecified atom stereocenters. The molecular weight excluding hydrogens is 507 g/mol. The molecule has 1 fully saturated rings. The molecule has 0 saturated carbocycles. The number of alkyl carbamates (subject to hydrolysis) is 1. The average molecular weight is 540 g/mol. The van der Waals surface area contributed by atoms with Crippen LogP contribution in [0.15, 0.2) is 72.3 Å². The van der Waals surface area contributed by atoms with Gasteiger partial charge in [-0.15, -0.1) is 0 Å². The van der Waals surface area contributed by atoms with Crippen LogP contribution in [0, 0.1) is 0 Å². The molecule has 1 saturated heterocycles. The summed E-state index contributed by atoms with van der Waals surface area (Å²) in [6, 6.07) is 19.8. The summed E-state index contributed by atoms with van der Waals surface area (Å²) in [4.78, 5) is 28.1. The minimum Gasteiger partial charge on any atom is -0.481 e. The number of nitrogens with zero attached hydrogens (tertiary/aromatic N) is 1. The second kappa shape index (κ2) is 10.9. The number of aliphatic carboxylic acids is 1. The standard InChI is InChI=1S/C31H33BN2O6/c1-30(2)31(3,4)40-32(39-30)21(15-20-13-14-22(33-17-20)16-28(35)36)18-34-29(37)38-19-27-25-11-7-5-9-23(25)24-10-6-8-12-26(24)27/h5-15,17,27H,16,18-19H2,1-4H3,(H,34,37)(H,35,36). The Balaban J connectivity index is 1.29. The first-order valence-electron chi connectivity index (χ1n) is 13.4. The summed E-state index contributed by atoms with van der Waals surface area (Å²) in [5.74, 6) is -0.979. The zero-order chi connectivity index (χ0) is 28.5. The largest absolute Gasteiger partial charge is 0.492 e. The first-order chi connectivity index (χ1) is 19.0. The van der Waals surface area contributed by atoms with E-state index in [0.29, 0.717) is 11.2 Å². The second-order valence-electron chi connectivity index (χ2n) is 11.1. The number of ether oxygens (including phenoxy) is 1. The van der Waals surface area contributed by atoms with Crippen molar-refractivity contribution in [3.63, 3.8) is 0 Å². The van der Waals surface area contributed by atoms with Gasteiger partial charge in [0.25, 0.3) is 0 Å². The SMILES string of the molecule is CC1(C)OB(C(=Cc2ccc(CC(=O)O)nc2)CNC(=O)OCC2c3ccccc3-c3ccccc32)OC1(C)C. The third kappa shape index (κ3) is 5.66. The molecule has 2 aromatic carbocycles. The molecule has 5 rings (SSSR count). The number of hydrogen-bond donors (Lipinski definition) is 2. The molecule has 8 nitrogen and oxygen atoms in total. The van der Waals surface area contributed by atoms with Crippen molar-refractivity contribution in [1.29, 1.82) is 0 Å². The van der Waals surface area contributed by atoms with E-state index in [2.05, 4.69) is 34.6 Å². The van der Waals surface area contributed by atoms with Crippen LogP contribution in [0.4, 0.5) is 4.79 Å². The number of nitrogens with one attached hydrogen (secondary N) is 1. The van der Waals surface area contributed by atoms with Gasteiger partial charge in [-0.3, -0.25) is 9.78 Å². The second-order valence-corrected chi connectivity index (χ2v) is 11.1. The number of carboxylic acids is 1. The maximum absolute atomic E-state index is 12.9. The lowest BCUT2D eigenvalue weighted by molar-refractivity contribution is -0.136. The van der Waals surface area contributed by atoms with Gasteiger partial charge in [-0.1, -0.05) is 60.7 Å². The summed E-state index contributed by atoms with van der Waals surface area (Å²) in [7, 11) is -0.697. The Hall–Kier alpha value is -3.95. The van der Waals surface area contributed by atoms with E-state index >= 15 is 0 Å². The molecule has 0 bridgehead atoms. The Morgan fingerprint density at radius 1 is 0.975 bits per heavy atom. The minimum absolute atomic E-state index is 0.0355. The van der Waals surface area contributed by atoms with E-state index in [4.69, 9.17) is 19.2 Å². The topological polar surface area (TPSA) is 107 Å². The molecule has 0 atom stereocenters. The number of carbonyl (C=O) groups excluding carboxylic acids is 1. The Morgan fingerprint density at radius 2 is 1.57 bits per heavy atom. The van der Waals surface area contributed by atoms with E-state index in [1.54, 1.807) is 18.3 Å². The summed E-state index contributed by atoms with van der Waals surface area (Å²) < 4.78 is 18.2. The molecule has 2 heterocycles. The van der Waals surface area contributed by atoms with Crippen molar-refractivity contribution in [2.45, 2.75) is 51.2 Å². The maximum atomic E-state index is 12.9. The Bertz CT molecular complexity index is 1390. The van der Waals surface area contributed by atoms with Crippen LogP contribution >= 0.6 is 0 Å². The van der Waals surface area contributed by atoms with Crippen LogP contribution in [-0.2, 0) is 25.3 Å². The van der Waals surface area contributed by atoms with Crippen molar-refractivity contribution in [2.24, 2.45) is 0 Å². The van der Waals surface area contributed by atoms with Crippen LogP contribution in [0.25, 0.3) is 17.2 Å². The summed E-state index contributed by atoms with van der Waals surface area (Å²) in [5, 5.41) is 11.9. The molecule has 2 aliphatic rings. The van der Waals surface area contributed by atoms with Gasteiger partial charge in [-0.05, 0) is 67.1 Å². The third-order valence-electron chi connectivity index (χ3n) is 7.87. The van der Waals surface area contributed by atoms with Crippen LogP contribution in [0.2, 0.25) is 0 Å². The molecule has 1 aliphatic carbocycles. The summed E-state index contributed by atoms with van der Waals surface area (Å²) >= 11 is 0. The van der Waals surface area contributed by atoms with Crippen LogP contribution in [0.5, 0.6) is 0 Å². The van der Waals surface area contributed by atoms with Gasteiger partial charge >= 0.3 is 19.2 Å². The highest BCUT2D eigenvalue weighted by Gasteiger charge is 2.52. The predicted molar refractivity (Wildman–Crippen MR) is 153 cm³/mol. The van der Waals surface area contributed by atoms with E-state index in [0.717, 1.165) is 16.7 Å². The zero-order valence-corrected chi connectivity index (χ0v) is 23.1. The highest BCUT2D eigenvalue weighted by Crippen LogP contribution is 2.44. The van der Waals surface area contributed by atoms with Gasteiger partial charge in [0.15, 0.2) is 0 Å². The Labute approximate surface area is 234 Å². The number of benzene rings is 2. The van der Waals surface area contributed by atoms with Crippen molar-refractivity contribution in [3.8, 4) is 11.1 Å². The molecule has 2 N–H and O–H groups in total. The van der Waals surface area contributed by atoms with Crippen molar-refractivity contribution in [3.05, 3.63) is 94.7 Å². The zero-order valence-electron chi connectivity index (χ0n) is 23.1. The van der Waals surface area contributed by atoms with Crippen LogP contribution in [0.3, 0.4) is 0 Å². The minimum atomic E-state index is -0.944. The first kappa shape index (κ1) is 27.6. The number of aromatic nitrogens is 1. The van der Waals surface area contributed by atoms with E-state index in [-0.39, 0.29) is 25.5 Å². The van der Waals surface area contributed by atoms with Crippen LogP contribution < -0.4 is 5.32 Å². The fourth-order valence-electron chi connectivity index (χ4n) is 5.02. The van der Waals surface area contributed by atoms with Crippen molar-refractivity contribution >= 4 is 25.3 Å². The number of amides is 1. The average Bonchev–Trinajstić information content (AvgIpc) is 3.35. The van der Waals surface area contributed by atoms with Gasteiger partial charge in [-0.25, -0.2) is 4.79 Å². The number of fused-ring (bicyclic) bond motifs is 3. The highest BCUT2D eigenvalue weighted by molar-refractivity contribution is 6.56.